The molecule has 0 amide bonds. The Hall–Kier alpha value is -2.88. The number of hydrogen-bond acceptors (Lipinski definition) is 4. The average molecular weight is 321 g/mol. The van der Waals surface area contributed by atoms with E-state index in [4.69, 9.17) is 9.47 Å². The van der Waals surface area contributed by atoms with Gasteiger partial charge in [0, 0.05) is 11.1 Å². The van der Waals surface area contributed by atoms with Gasteiger partial charge in [0.2, 0.25) is 0 Å². The van der Waals surface area contributed by atoms with Crippen LogP contribution in [-0.2, 0) is 4.74 Å². The number of aryl methyl sites for hydroxylation is 2. The molecule has 3 rings (SSSR count). The second-order valence-corrected chi connectivity index (χ2v) is 5.58. The Kier molecular flexibility index (Phi) is 4.75. The van der Waals surface area contributed by atoms with Crippen molar-refractivity contribution < 1.29 is 14.3 Å². The molecule has 0 aliphatic carbocycles. The second kappa shape index (κ2) is 7.13. The summed E-state index contributed by atoms with van der Waals surface area (Å²) in [6.07, 6.45) is 0. The van der Waals surface area contributed by atoms with Gasteiger partial charge in [0.05, 0.1) is 11.1 Å². The molecular formula is C20H19NO3. The summed E-state index contributed by atoms with van der Waals surface area (Å²) >= 11 is 0. The van der Waals surface area contributed by atoms with Crippen LogP contribution in [0.1, 0.15) is 21.6 Å². The van der Waals surface area contributed by atoms with E-state index in [1.807, 2.05) is 62.4 Å². The first-order valence-corrected chi connectivity index (χ1v) is 7.87. The topological polar surface area (TPSA) is 48.4 Å². The number of fused-ring (bicyclic) bond motifs is 1. The molecule has 0 N–H and O–H groups in total. The van der Waals surface area contributed by atoms with Crippen LogP contribution in [-0.4, -0.2) is 24.2 Å². The van der Waals surface area contributed by atoms with Gasteiger partial charge >= 0.3 is 5.97 Å². The zero-order chi connectivity index (χ0) is 16.9. The van der Waals surface area contributed by atoms with Crippen LogP contribution >= 0.6 is 0 Å². The predicted octanol–water partition coefficient (Wildman–Crippen LogP) is 4.09. The molecular weight excluding hydrogens is 302 g/mol. The average Bonchev–Trinajstić information content (AvgIpc) is 2.59. The second-order valence-electron chi connectivity index (χ2n) is 5.58. The van der Waals surface area contributed by atoms with Crippen molar-refractivity contribution in [2.45, 2.75) is 13.8 Å². The molecule has 3 aromatic rings. The highest BCUT2D eigenvalue weighted by Crippen LogP contribution is 2.19. The minimum atomic E-state index is -0.356. The summed E-state index contributed by atoms with van der Waals surface area (Å²) in [6, 6.07) is 17.1. The van der Waals surface area contributed by atoms with E-state index >= 15 is 0 Å². The molecule has 0 aliphatic rings. The van der Waals surface area contributed by atoms with Gasteiger partial charge < -0.3 is 9.47 Å². The largest absolute Gasteiger partial charge is 0.490 e. The molecule has 0 saturated heterocycles. The van der Waals surface area contributed by atoms with Crippen LogP contribution in [0.5, 0.6) is 5.75 Å². The van der Waals surface area contributed by atoms with Crippen LogP contribution in [0.15, 0.2) is 54.6 Å². The lowest BCUT2D eigenvalue weighted by atomic mass is 10.1. The maximum Gasteiger partial charge on any atom is 0.339 e. The Labute approximate surface area is 141 Å². The van der Waals surface area contributed by atoms with Gasteiger partial charge in [0.15, 0.2) is 0 Å². The van der Waals surface area contributed by atoms with Gasteiger partial charge in [0.25, 0.3) is 0 Å². The fraction of sp³-hybridized carbons (Fsp3) is 0.200. The number of esters is 1. The summed E-state index contributed by atoms with van der Waals surface area (Å²) in [7, 11) is 0. The van der Waals surface area contributed by atoms with Crippen molar-refractivity contribution in [1.82, 2.24) is 4.98 Å². The summed E-state index contributed by atoms with van der Waals surface area (Å²) in [5.41, 5.74) is 3.17. The third-order valence-corrected chi connectivity index (χ3v) is 3.73. The van der Waals surface area contributed by atoms with Gasteiger partial charge in [-0.3, -0.25) is 4.98 Å². The van der Waals surface area contributed by atoms with Crippen LogP contribution < -0.4 is 4.74 Å². The number of para-hydroxylation sites is 2. The van der Waals surface area contributed by atoms with E-state index in [-0.39, 0.29) is 12.6 Å². The van der Waals surface area contributed by atoms with Crippen LogP contribution in [0.25, 0.3) is 10.9 Å². The molecule has 0 bridgehead atoms. The molecule has 4 heteroatoms. The molecule has 0 radical (unpaired) electrons. The normalized spacial score (nSPS) is 10.6. The third kappa shape index (κ3) is 3.54. The van der Waals surface area contributed by atoms with Crippen molar-refractivity contribution in [3.63, 3.8) is 0 Å². The summed E-state index contributed by atoms with van der Waals surface area (Å²) < 4.78 is 11.0. The van der Waals surface area contributed by atoms with E-state index < -0.39 is 0 Å². The molecule has 24 heavy (non-hydrogen) atoms. The SMILES string of the molecule is Cc1cc(C(=O)OCCOc2ccccc2C)c2ccccc2n1. The van der Waals surface area contributed by atoms with E-state index in [0.717, 1.165) is 27.9 Å². The van der Waals surface area contributed by atoms with Crippen LogP contribution in [0.3, 0.4) is 0 Å². The van der Waals surface area contributed by atoms with Gasteiger partial charge in [-0.05, 0) is 37.6 Å². The number of carbonyl (C=O) groups is 1. The van der Waals surface area contributed by atoms with E-state index in [1.165, 1.54) is 0 Å². The molecule has 2 aromatic carbocycles. The van der Waals surface area contributed by atoms with Crippen LogP contribution in [0.4, 0.5) is 0 Å². The Morgan fingerprint density at radius 2 is 1.75 bits per heavy atom. The lowest BCUT2D eigenvalue weighted by Gasteiger charge is -2.10. The first-order chi connectivity index (χ1) is 11.6. The number of hydrogen-bond donors (Lipinski definition) is 0. The Morgan fingerprint density at radius 1 is 1.00 bits per heavy atom. The molecule has 1 aromatic heterocycles. The van der Waals surface area contributed by atoms with Crippen molar-refractivity contribution in [1.29, 1.82) is 0 Å². The molecule has 4 nitrogen and oxygen atoms in total. The monoisotopic (exact) mass is 321 g/mol. The van der Waals surface area contributed by atoms with Gasteiger partial charge in [-0.15, -0.1) is 0 Å². The van der Waals surface area contributed by atoms with E-state index in [9.17, 15) is 4.79 Å². The number of aromatic nitrogens is 1. The molecule has 0 aliphatic heterocycles. The van der Waals surface area contributed by atoms with Crippen molar-refractivity contribution >= 4 is 16.9 Å². The Bertz CT molecular complexity index is 874. The number of nitrogens with zero attached hydrogens (tertiary/aromatic N) is 1. The zero-order valence-corrected chi connectivity index (χ0v) is 13.8. The predicted molar refractivity (Wildman–Crippen MR) is 93.4 cm³/mol. The highest BCUT2D eigenvalue weighted by atomic mass is 16.6. The molecule has 0 saturated carbocycles. The quantitative estimate of drug-likeness (QED) is 0.524. The highest BCUT2D eigenvalue weighted by Gasteiger charge is 2.13. The summed E-state index contributed by atoms with van der Waals surface area (Å²) in [6.45, 7) is 4.36. The zero-order valence-electron chi connectivity index (χ0n) is 13.8. The van der Waals surface area contributed by atoms with Crippen molar-refractivity contribution in [2.24, 2.45) is 0 Å². The molecule has 0 unspecified atom stereocenters. The fourth-order valence-electron chi connectivity index (χ4n) is 2.56. The van der Waals surface area contributed by atoms with Crippen molar-refractivity contribution in [3.05, 3.63) is 71.4 Å². The lowest BCUT2D eigenvalue weighted by molar-refractivity contribution is 0.0452. The fourth-order valence-corrected chi connectivity index (χ4v) is 2.56. The molecule has 0 fully saturated rings. The van der Waals surface area contributed by atoms with Gasteiger partial charge in [-0.1, -0.05) is 36.4 Å². The first kappa shape index (κ1) is 16.0. The number of pyridine rings is 1. The van der Waals surface area contributed by atoms with Crippen molar-refractivity contribution in [3.8, 4) is 5.75 Å². The van der Waals surface area contributed by atoms with Crippen molar-refractivity contribution in [2.75, 3.05) is 13.2 Å². The van der Waals surface area contributed by atoms with Gasteiger partial charge in [-0.2, -0.15) is 0 Å². The highest BCUT2D eigenvalue weighted by molar-refractivity contribution is 6.03. The maximum atomic E-state index is 12.4. The minimum absolute atomic E-state index is 0.197. The van der Waals surface area contributed by atoms with E-state index in [0.29, 0.717) is 12.2 Å². The van der Waals surface area contributed by atoms with Gasteiger partial charge in [-0.25, -0.2) is 4.79 Å². The Morgan fingerprint density at radius 3 is 2.58 bits per heavy atom. The molecule has 0 spiro atoms. The minimum Gasteiger partial charge on any atom is -0.490 e. The van der Waals surface area contributed by atoms with E-state index in [2.05, 4.69) is 4.98 Å². The Balaban J connectivity index is 1.65. The molecule has 0 atom stereocenters. The van der Waals surface area contributed by atoms with Gasteiger partial charge in [0.1, 0.15) is 19.0 Å². The summed E-state index contributed by atoms with van der Waals surface area (Å²) in [5, 5.41) is 0.799. The van der Waals surface area contributed by atoms with E-state index in [1.54, 1.807) is 6.07 Å². The van der Waals surface area contributed by atoms with Crippen LogP contribution in [0, 0.1) is 13.8 Å². The lowest BCUT2D eigenvalue weighted by Crippen LogP contribution is -2.13. The smallest absolute Gasteiger partial charge is 0.339 e. The van der Waals surface area contributed by atoms with Crippen LogP contribution in [0.2, 0.25) is 0 Å². The molecule has 122 valence electrons. The summed E-state index contributed by atoms with van der Waals surface area (Å²) in [5.74, 6) is 0.448. The number of ether oxygens (including phenoxy) is 2. The number of benzene rings is 2. The standard InChI is InChI=1S/C20H19NO3/c1-14-7-3-6-10-19(14)23-11-12-24-20(22)17-13-15(2)21-18-9-5-4-8-16(17)18/h3-10,13H,11-12H2,1-2H3. The number of rotatable bonds is 5. The number of carbonyl (C=O) groups excluding carboxylic acids is 1. The maximum absolute atomic E-state index is 12.4. The third-order valence-electron chi connectivity index (χ3n) is 3.73. The summed E-state index contributed by atoms with van der Waals surface area (Å²) in [4.78, 5) is 16.8. The molecule has 1 heterocycles. The first-order valence-electron chi connectivity index (χ1n) is 7.87.